The van der Waals surface area contributed by atoms with E-state index in [4.69, 9.17) is 5.11 Å². The van der Waals surface area contributed by atoms with Crippen LogP contribution in [0.3, 0.4) is 0 Å². The Morgan fingerprint density at radius 1 is 1.29 bits per heavy atom. The Kier molecular flexibility index (Phi) is 5.52. The Balaban J connectivity index is 1.25. The van der Waals surface area contributed by atoms with Crippen molar-refractivity contribution in [3.05, 3.63) is 11.6 Å². The molecule has 9 heteroatoms. The van der Waals surface area contributed by atoms with Crippen molar-refractivity contribution in [1.29, 1.82) is 0 Å². The molecule has 3 fully saturated rings. The second-order valence-corrected chi connectivity index (χ2v) is 8.37. The Morgan fingerprint density at radius 2 is 2.07 bits per heavy atom. The second-order valence-electron chi connectivity index (χ2n) is 8.37. The van der Waals surface area contributed by atoms with Crippen molar-refractivity contribution < 1.29 is 14.7 Å². The Morgan fingerprint density at radius 3 is 2.75 bits per heavy atom. The van der Waals surface area contributed by atoms with Gasteiger partial charge in [0.05, 0.1) is 6.54 Å². The van der Waals surface area contributed by atoms with Crippen LogP contribution >= 0.6 is 0 Å². The van der Waals surface area contributed by atoms with E-state index in [2.05, 4.69) is 20.5 Å². The van der Waals surface area contributed by atoms with Gasteiger partial charge in [-0.3, -0.25) is 14.8 Å². The number of aromatic nitrogens is 3. The minimum Gasteiger partial charge on any atom is -0.480 e. The van der Waals surface area contributed by atoms with Gasteiger partial charge in [-0.25, -0.2) is 9.78 Å². The first kappa shape index (κ1) is 19.2. The predicted molar refractivity (Wildman–Crippen MR) is 102 cm³/mol. The van der Waals surface area contributed by atoms with Crippen LogP contribution in [0.15, 0.2) is 0 Å². The number of piperidine rings is 1. The highest BCUT2D eigenvalue weighted by Crippen LogP contribution is 2.38. The van der Waals surface area contributed by atoms with Gasteiger partial charge in [-0.1, -0.05) is 6.92 Å². The molecule has 1 saturated heterocycles. The zero-order valence-electron chi connectivity index (χ0n) is 16.4. The summed E-state index contributed by atoms with van der Waals surface area (Å²) in [6.07, 6.45) is 5.99. The lowest BCUT2D eigenvalue weighted by molar-refractivity contribution is -0.139. The van der Waals surface area contributed by atoms with Crippen LogP contribution in [0.5, 0.6) is 0 Å². The summed E-state index contributed by atoms with van der Waals surface area (Å²) >= 11 is 0. The molecule has 0 spiro atoms. The van der Waals surface area contributed by atoms with Crippen LogP contribution in [0.4, 0.5) is 4.79 Å². The minimum absolute atomic E-state index is 0.0209. The van der Waals surface area contributed by atoms with Crippen molar-refractivity contribution in [3.63, 3.8) is 0 Å². The molecule has 2 amide bonds. The smallest absolute Gasteiger partial charge is 0.317 e. The minimum atomic E-state index is -0.800. The first-order chi connectivity index (χ1) is 13.5. The van der Waals surface area contributed by atoms with Crippen LogP contribution in [0, 0.1) is 0 Å². The number of carbonyl (C=O) groups excluding carboxylic acids is 1. The van der Waals surface area contributed by atoms with Crippen LogP contribution in [0.1, 0.15) is 68.9 Å². The second kappa shape index (κ2) is 8.06. The molecule has 4 rings (SSSR count). The van der Waals surface area contributed by atoms with Crippen LogP contribution in [-0.2, 0) is 4.79 Å². The van der Waals surface area contributed by atoms with E-state index in [1.54, 1.807) is 0 Å². The molecule has 1 atom stereocenters. The molecule has 3 aliphatic rings. The molecule has 28 heavy (non-hydrogen) atoms. The summed E-state index contributed by atoms with van der Waals surface area (Å²) < 4.78 is 0. The zero-order valence-corrected chi connectivity index (χ0v) is 16.4. The number of H-pyrrole nitrogens is 1. The zero-order chi connectivity index (χ0) is 19.7. The fourth-order valence-electron chi connectivity index (χ4n) is 4.32. The van der Waals surface area contributed by atoms with Crippen LogP contribution < -0.4 is 5.32 Å². The van der Waals surface area contributed by atoms with Gasteiger partial charge in [0.15, 0.2) is 5.82 Å². The third-order valence-corrected chi connectivity index (χ3v) is 6.26. The van der Waals surface area contributed by atoms with Crippen molar-refractivity contribution in [2.45, 2.75) is 69.4 Å². The van der Waals surface area contributed by atoms with Gasteiger partial charge >= 0.3 is 12.0 Å². The molecule has 1 unspecified atom stereocenters. The lowest BCUT2D eigenvalue weighted by atomic mass is 9.85. The molecule has 3 N–H and O–H groups in total. The highest BCUT2D eigenvalue weighted by atomic mass is 16.4. The number of rotatable bonds is 7. The Bertz CT molecular complexity index is 712. The number of carbonyl (C=O) groups is 2. The molecule has 1 aromatic rings. The average molecular weight is 390 g/mol. The topological polar surface area (TPSA) is 114 Å². The maximum absolute atomic E-state index is 12.7. The van der Waals surface area contributed by atoms with Crippen molar-refractivity contribution in [2.75, 3.05) is 26.2 Å². The number of urea groups is 1. The monoisotopic (exact) mass is 390 g/mol. The molecule has 154 valence electrons. The summed E-state index contributed by atoms with van der Waals surface area (Å²) in [5.41, 5.74) is 0. The van der Waals surface area contributed by atoms with Crippen molar-refractivity contribution in [1.82, 2.24) is 30.3 Å². The molecule has 2 saturated carbocycles. The number of hydrogen-bond donors (Lipinski definition) is 3. The van der Waals surface area contributed by atoms with E-state index in [9.17, 15) is 9.59 Å². The predicted octanol–water partition coefficient (Wildman–Crippen LogP) is 1.51. The quantitative estimate of drug-likeness (QED) is 0.650. The molecular weight excluding hydrogens is 360 g/mol. The summed E-state index contributed by atoms with van der Waals surface area (Å²) in [6.45, 7) is 4.17. The number of nitrogens with one attached hydrogen (secondary N) is 2. The van der Waals surface area contributed by atoms with Gasteiger partial charge in [-0.15, -0.1) is 0 Å². The van der Waals surface area contributed by atoms with E-state index in [1.807, 2.05) is 16.7 Å². The standard InChI is InChI=1S/C19H30N6O3/c1-2-24(11-16(26)27)15-8-14(9-15)20-19(28)25-7-3-4-13(10-25)18-21-17(22-23-18)12-5-6-12/h12-15H,2-11H2,1H3,(H,20,28)(H,26,27)(H,21,22,23). The SMILES string of the molecule is CCN(CC(=O)O)C1CC(NC(=O)N2CCCC(c3n[nH]c(C4CC4)n3)C2)C1. The summed E-state index contributed by atoms with van der Waals surface area (Å²) in [4.78, 5) is 32.1. The van der Waals surface area contributed by atoms with Gasteiger partial charge in [0.2, 0.25) is 0 Å². The molecule has 0 bridgehead atoms. The van der Waals surface area contributed by atoms with Gasteiger partial charge in [0.1, 0.15) is 5.82 Å². The normalized spacial score (nSPS) is 27.5. The van der Waals surface area contributed by atoms with E-state index >= 15 is 0 Å². The van der Waals surface area contributed by atoms with Crippen LogP contribution in [0.2, 0.25) is 0 Å². The third kappa shape index (κ3) is 4.29. The van der Waals surface area contributed by atoms with E-state index in [1.165, 1.54) is 12.8 Å². The number of aromatic amines is 1. The molecule has 0 radical (unpaired) electrons. The number of likely N-dealkylation sites (tertiary alicyclic amines) is 1. The molecule has 2 heterocycles. The fraction of sp³-hybridized carbons (Fsp3) is 0.789. The van der Waals surface area contributed by atoms with Gasteiger partial charge in [-0.2, -0.15) is 5.10 Å². The van der Waals surface area contributed by atoms with E-state index in [0.717, 1.165) is 43.9 Å². The lowest BCUT2D eigenvalue weighted by Crippen LogP contribution is -2.57. The number of aliphatic carboxylic acids is 1. The van der Waals surface area contributed by atoms with E-state index in [-0.39, 0.29) is 30.6 Å². The van der Waals surface area contributed by atoms with Crippen molar-refractivity contribution in [3.8, 4) is 0 Å². The molecule has 1 aromatic heterocycles. The molecular formula is C19H30N6O3. The molecule has 0 aromatic carbocycles. The Hall–Kier alpha value is -2.16. The van der Waals surface area contributed by atoms with Crippen LogP contribution in [-0.4, -0.2) is 80.4 Å². The largest absolute Gasteiger partial charge is 0.480 e. The highest BCUT2D eigenvalue weighted by molar-refractivity contribution is 5.75. The lowest BCUT2D eigenvalue weighted by Gasteiger charge is -2.43. The number of nitrogens with zero attached hydrogens (tertiary/aromatic N) is 4. The number of hydrogen-bond acceptors (Lipinski definition) is 5. The highest BCUT2D eigenvalue weighted by Gasteiger charge is 2.36. The van der Waals surface area contributed by atoms with Gasteiger partial charge < -0.3 is 15.3 Å². The maximum atomic E-state index is 12.7. The van der Waals surface area contributed by atoms with Crippen LogP contribution in [0.25, 0.3) is 0 Å². The van der Waals surface area contributed by atoms with Crippen molar-refractivity contribution >= 4 is 12.0 Å². The summed E-state index contributed by atoms with van der Waals surface area (Å²) in [5, 5.41) is 19.6. The number of carboxylic acid groups (broad SMARTS) is 1. The molecule has 9 nitrogen and oxygen atoms in total. The number of carboxylic acids is 1. The maximum Gasteiger partial charge on any atom is 0.317 e. The first-order valence-electron chi connectivity index (χ1n) is 10.5. The average Bonchev–Trinajstić information content (AvgIpc) is 3.39. The molecule has 2 aliphatic carbocycles. The summed E-state index contributed by atoms with van der Waals surface area (Å²) in [5.74, 6) is 1.79. The summed E-state index contributed by atoms with van der Waals surface area (Å²) in [7, 11) is 0. The van der Waals surface area contributed by atoms with Gasteiger partial charge in [0.25, 0.3) is 0 Å². The fourth-order valence-corrected chi connectivity index (χ4v) is 4.32. The summed E-state index contributed by atoms with van der Waals surface area (Å²) in [6, 6.07) is 0.354. The third-order valence-electron chi connectivity index (χ3n) is 6.26. The molecule has 1 aliphatic heterocycles. The van der Waals surface area contributed by atoms with E-state index in [0.29, 0.717) is 19.0 Å². The number of amides is 2. The number of likely N-dealkylation sites (N-methyl/N-ethyl adjacent to an activating group) is 1. The van der Waals surface area contributed by atoms with Gasteiger partial charge in [-0.05, 0) is 45.1 Å². The Labute approximate surface area is 164 Å². The van der Waals surface area contributed by atoms with Gasteiger partial charge in [0, 0.05) is 37.0 Å². The van der Waals surface area contributed by atoms with E-state index < -0.39 is 5.97 Å². The first-order valence-corrected chi connectivity index (χ1v) is 10.5. The van der Waals surface area contributed by atoms with Crippen molar-refractivity contribution in [2.24, 2.45) is 0 Å².